The average Bonchev–Trinajstić information content (AvgIpc) is 3.12. The quantitative estimate of drug-likeness (QED) is 0.502. The molecule has 3 aromatic rings. The molecule has 2 aromatic carbocycles. The molecule has 0 aliphatic rings. The number of nitrogens with zero attached hydrogens (tertiary/aromatic N) is 1. The van der Waals surface area contributed by atoms with Crippen LogP contribution in [0.25, 0.3) is 11.1 Å². The van der Waals surface area contributed by atoms with Crippen molar-refractivity contribution in [2.75, 3.05) is 0 Å². The fraction of sp³-hybridized carbons (Fsp3) is 0.261. The first-order chi connectivity index (χ1) is 13.2. The van der Waals surface area contributed by atoms with E-state index in [1.54, 1.807) is 6.07 Å². The normalized spacial score (nSPS) is 10.7. The lowest BCUT2D eigenvalue weighted by molar-refractivity contribution is 0.0685. The molecule has 140 valence electrons. The largest absolute Gasteiger partial charge is 0.489 e. The molecule has 27 heavy (non-hydrogen) atoms. The number of aromatic carboxylic acids is 1. The Bertz CT molecular complexity index is 866. The Labute approximate surface area is 160 Å². The first-order valence-corrected chi connectivity index (χ1v) is 9.38. The molecule has 1 heterocycles. The van der Waals surface area contributed by atoms with Crippen LogP contribution < -0.4 is 4.74 Å². The molecule has 3 rings (SSSR count). The smallest absolute Gasteiger partial charge is 0.352 e. The van der Waals surface area contributed by atoms with Crippen LogP contribution in [0.1, 0.15) is 42.2 Å². The van der Waals surface area contributed by atoms with Crippen molar-refractivity contribution in [2.45, 2.75) is 39.3 Å². The molecule has 0 atom stereocenters. The number of carboxylic acids is 1. The molecule has 0 aliphatic heterocycles. The number of ether oxygens (including phenoxy) is 1. The van der Waals surface area contributed by atoms with Crippen molar-refractivity contribution in [1.29, 1.82) is 0 Å². The van der Waals surface area contributed by atoms with Gasteiger partial charge >= 0.3 is 5.97 Å². The van der Waals surface area contributed by atoms with E-state index in [1.165, 1.54) is 0 Å². The van der Waals surface area contributed by atoms with Crippen molar-refractivity contribution in [2.24, 2.45) is 0 Å². The average molecular weight is 363 g/mol. The minimum absolute atomic E-state index is 0.338. The van der Waals surface area contributed by atoms with E-state index in [9.17, 15) is 9.90 Å². The van der Waals surface area contributed by atoms with E-state index in [1.807, 2.05) is 65.4 Å². The van der Waals surface area contributed by atoms with E-state index in [4.69, 9.17) is 4.74 Å². The summed E-state index contributed by atoms with van der Waals surface area (Å²) in [5, 5.41) is 9.46. The highest BCUT2D eigenvalue weighted by atomic mass is 16.5. The molecule has 0 amide bonds. The van der Waals surface area contributed by atoms with Crippen LogP contribution in [0.5, 0.6) is 5.75 Å². The number of aryl methyl sites for hydroxylation is 1. The van der Waals surface area contributed by atoms with Gasteiger partial charge in [0, 0.05) is 18.3 Å². The second-order valence-electron chi connectivity index (χ2n) is 6.62. The summed E-state index contributed by atoms with van der Waals surface area (Å²) in [5.41, 5.74) is 3.36. The van der Waals surface area contributed by atoms with Gasteiger partial charge < -0.3 is 14.4 Å². The van der Waals surface area contributed by atoms with E-state index in [2.05, 4.69) is 6.92 Å². The molecule has 4 nitrogen and oxygen atoms in total. The third kappa shape index (κ3) is 5.00. The molecular formula is C23H25NO3. The fourth-order valence-corrected chi connectivity index (χ4v) is 3.05. The Balaban J connectivity index is 1.70. The minimum Gasteiger partial charge on any atom is -0.489 e. The highest BCUT2D eigenvalue weighted by molar-refractivity contribution is 5.88. The zero-order valence-electron chi connectivity index (χ0n) is 15.6. The maximum absolute atomic E-state index is 11.5. The predicted molar refractivity (Wildman–Crippen MR) is 107 cm³/mol. The number of hydrogen-bond donors (Lipinski definition) is 1. The van der Waals surface area contributed by atoms with Crippen molar-refractivity contribution >= 4 is 5.97 Å². The Hall–Kier alpha value is -3.01. The van der Waals surface area contributed by atoms with Gasteiger partial charge in [0.25, 0.3) is 0 Å². The highest BCUT2D eigenvalue weighted by Crippen LogP contribution is 2.25. The molecule has 1 aromatic heterocycles. The van der Waals surface area contributed by atoms with Crippen LogP contribution in [0, 0.1) is 0 Å². The van der Waals surface area contributed by atoms with Crippen LogP contribution in [0.2, 0.25) is 0 Å². The van der Waals surface area contributed by atoms with Gasteiger partial charge in [0.2, 0.25) is 0 Å². The molecule has 0 unspecified atom stereocenters. The number of carbonyl (C=O) groups is 1. The van der Waals surface area contributed by atoms with Gasteiger partial charge in [-0.05, 0) is 35.7 Å². The lowest BCUT2D eigenvalue weighted by atomic mass is 10.1. The van der Waals surface area contributed by atoms with E-state index >= 15 is 0 Å². The van der Waals surface area contributed by atoms with Crippen LogP contribution in [-0.4, -0.2) is 15.6 Å². The summed E-state index contributed by atoms with van der Waals surface area (Å²) < 4.78 is 7.66. The summed E-state index contributed by atoms with van der Waals surface area (Å²) in [6.07, 6.45) is 5.12. The number of unbranched alkanes of at least 4 members (excludes halogenated alkanes) is 2. The van der Waals surface area contributed by atoms with E-state index in [0.29, 0.717) is 12.3 Å². The Kier molecular flexibility index (Phi) is 6.31. The molecule has 0 bridgehead atoms. The number of rotatable bonds is 9. The summed E-state index contributed by atoms with van der Waals surface area (Å²) in [5.74, 6) is -0.0935. The van der Waals surface area contributed by atoms with Crippen molar-refractivity contribution in [3.8, 4) is 16.9 Å². The van der Waals surface area contributed by atoms with Crippen LogP contribution in [0.4, 0.5) is 0 Å². The molecule has 0 spiro atoms. The predicted octanol–water partition coefficient (Wildman–Crippen LogP) is 5.62. The maximum Gasteiger partial charge on any atom is 0.352 e. The summed E-state index contributed by atoms with van der Waals surface area (Å²) in [7, 11) is 0. The molecule has 1 N–H and O–H groups in total. The van der Waals surface area contributed by atoms with Gasteiger partial charge in [-0.1, -0.05) is 62.2 Å². The van der Waals surface area contributed by atoms with Crippen molar-refractivity contribution in [1.82, 2.24) is 4.57 Å². The zero-order chi connectivity index (χ0) is 19.1. The topological polar surface area (TPSA) is 51.5 Å². The van der Waals surface area contributed by atoms with Gasteiger partial charge in [-0.2, -0.15) is 0 Å². The van der Waals surface area contributed by atoms with Gasteiger partial charge in [0.15, 0.2) is 0 Å². The highest BCUT2D eigenvalue weighted by Gasteiger charge is 2.13. The van der Waals surface area contributed by atoms with Gasteiger partial charge in [-0.25, -0.2) is 4.79 Å². The van der Waals surface area contributed by atoms with Crippen molar-refractivity contribution in [3.63, 3.8) is 0 Å². The Morgan fingerprint density at radius 1 is 1.00 bits per heavy atom. The summed E-state index contributed by atoms with van der Waals surface area (Å²) in [4.78, 5) is 11.5. The third-order valence-electron chi connectivity index (χ3n) is 4.55. The SMILES string of the molecule is CCCCCn1cc(-c2ccc(OCc3ccccc3)cc2)cc1C(=O)O. The summed E-state index contributed by atoms with van der Waals surface area (Å²) in [6.45, 7) is 3.39. The monoisotopic (exact) mass is 363 g/mol. The van der Waals surface area contributed by atoms with Gasteiger partial charge in [0.1, 0.15) is 18.1 Å². The van der Waals surface area contributed by atoms with Crippen molar-refractivity contribution < 1.29 is 14.6 Å². The number of hydrogen-bond acceptors (Lipinski definition) is 2. The molecule has 0 fully saturated rings. The Morgan fingerprint density at radius 3 is 2.41 bits per heavy atom. The van der Waals surface area contributed by atoms with Gasteiger partial charge in [0.05, 0.1) is 0 Å². The standard InChI is InChI=1S/C23H25NO3/c1-2-3-7-14-24-16-20(15-22(24)23(25)26)19-10-12-21(13-11-19)27-17-18-8-5-4-6-9-18/h4-6,8-13,15-16H,2-3,7,14,17H2,1H3,(H,25,26). The van der Waals surface area contributed by atoms with Gasteiger partial charge in [-0.3, -0.25) is 0 Å². The second-order valence-corrected chi connectivity index (χ2v) is 6.62. The van der Waals surface area contributed by atoms with E-state index in [0.717, 1.165) is 48.2 Å². The summed E-state index contributed by atoms with van der Waals surface area (Å²) >= 11 is 0. The molecule has 0 saturated heterocycles. The number of benzene rings is 2. The van der Waals surface area contributed by atoms with E-state index in [-0.39, 0.29) is 0 Å². The first kappa shape index (κ1) is 18.8. The van der Waals surface area contributed by atoms with E-state index < -0.39 is 5.97 Å². The molecular weight excluding hydrogens is 338 g/mol. The van der Waals surface area contributed by atoms with Gasteiger partial charge in [-0.15, -0.1) is 0 Å². The van der Waals surface area contributed by atoms with Crippen molar-refractivity contribution in [3.05, 3.63) is 78.1 Å². The fourth-order valence-electron chi connectivity index (χ4n) is 3.05. The minimum atomic E-state index is -0.888. The maximum atomic E-state index is 11.5. The molecule has 0 saturated carbocycles. The zero-order valence-corrected chi connectivity index (χ0v) is 15.6. The number of aromatic nitrogens is 1. The third-order valence-corrected chi connectivity index (χ3v) is 4.55. The van der Waals surface area contributed by atoms with Crippen LogP contribution >= 0.6 is 0 Å². The first-order valence-electron chi connectivity index (χ1n) is 9.38. The van der Waals surface area contributed by atoms with Crippen LogP contribution in [-0.2, 0) is 13.2 Å². The van der Waals surface area contributed by atoms with Crippen LogP contribution in [0.15, 0.2) is 66.9 Å². The lowest BCUT2D eigenvalue weighted by Crippen LogP contribution is -2.07. The summed E-state index contributed by atoms with van der Waals surface area (Å²) in [6, 6.07) is 19.6. The molecule has 0 aliphatic carbocycles. The lowest BCUT2D eigenvalue weighted by Gasteiger charge is -2.07. The number of carboxylic acid groups (broad SMARTS) is 1. The molecule has 4 heteroatoms. The van der Waals surface area contributed by atoms with Crippen LogP contribution in [0.3, 0.4) is 0 Å². The molecule has 0 radical (unpaired) electrons. The Morgan fingerprint density at radius 2 is 1.74 bits per heavy atom. The second kappa shape index (κ2) is 9.08.